The first-order chi connectivity index (χ1) is 8.17. The van der Waals surface area contributed by atoms with Crippen LogP contribution in [-0.4, -0.2) is 31.8 Å². The van der Waals surface area contributed by atoms with Crippen molar-refractivity contribution in [2.24, 2.45) is 5.73 Å². The molecule has 0 radical (unpaired) electrons. The van der Waals surface area contributed by atoms with Gasteiger partial charge in [-0.05, 0) is 47.2 Å². The van der Waals surface area contributed by atoms with E-state index in [0.29, 0.717) is 6.54 Å². The molecule has 1 unspecified atom stereocenters. The number of nitrogens with zero attached hydrogens (tertiary/aromatic N) is 1. The van der Waals surface area contributed by atoms with Gasteiger partial charge in [-0.15, -0.1) is 0 Å². The van der Waals surface area contributed by atoms with E-state index >= 15 is 0 Å². The van der Waals surface area contributed by atoms with Crippen LogP contribution >= 0.6 is 15.9 Å². The molecule has 4 nitrogen and oxygen atoms in total. The van der Waals surface area contributed by atoms with Gasteiger partial charge in [0.1, 0.15) is 0 Å². The summed E-state index contributed by atoms with van der Waals surface area (Å²) in [6.07, 6.45) is 0. The molecule has 1 atom stereocenters. The Labute approximate surface area is 110 Å². The zero-order valence-corrected chi connectivity index (χ0v) is 11.7. The van der Waals surface area contributed by atoms with Crippen LogP contribution in [0.3, 0.4) is 0 Å². The number of nitrogens with two attached hydrogens (primary N) is 1. The highest BCUT2D eigenvalue weighted by Crippen LogP contribution is 2.41. The molecule has 0 bridgehead atoms. The third-order valence-electron chi connectivity index (χ3n) is 3.09. The maximum Gasteiger partial charge on any atom is 0.231 e. The van der Waals surface area contributed by atoms with Crippen molar-refractivity contribution in [3.05, 3.63) is 22.2 Å². The zero-order valence-electron chi connectivity index (χ0n) is 10.1. The summed E-state index contributed by atoms with van der Waals surface area (Å²) in [6.45, 7) is 3.93. The van der Waals surface area contributed by atoms with E-state index in [4.69, 9.17) is 15.2 Å². The van der Waals surface area contributed by atoms with Gasteiger partial charge in [0.25, 0.3) is 0 Å². The van der Waals surface area contributed by atoms with Crippen LogP contribution in [0.5, 0.6) is 11.5 Å². The molecule has 0 saturated heterocycles. The normalized spacial score (nSPS) is 15.4. The third kappa shape index (κ3) is 2.41. The molecule has 1 aliphatic heterocycles. The summed E-state index contributed by atoms with van der Waals surface area (Å²) in [5.41, 5.74) is 6.99. The fraction of sp³-hybridized carbons (Fsp3) is 0.500. The maximum atomic E-state index is 5.85. The first-order valence-corrected chi connectivity index (χ1v) is 6.46. The largest absolute Gasteiger partial charge is 0.454 e. The number of halogens is 1. The molecule has 1 heterocycles. The quantitative estimate of drug-likeness (QED) is 0.925. The molecule has 0 amide bonds. The number of fused-ring (bicyclic) bond motifs is 1. The van der Waals surface area contributed by atoms with Crippen molar-refractivity contribution in [1.29, 1.82) is 0 Å². The van der Waals surface area contributed by atoms with Gasteiger partial charge in [0.2, 0.25) is 6.79 Å². The Morgan fingerprint density at radius 3 is 2.88 bits per heavy atom. The Morgan fingerprint density at radius 1 is 1.47 bits per heavy atom. The first kappa shape index (κ1) is 12.7. The smallest absolute Gasteiger partial charge is 0.231 e. The maximum absolute atomic E-state index is 5.85. The molecule has 5 heteroatoms. The summed E-state index contributed by atoms with van der Waals surface area (Å²) in [5, 5.41) is 0. The van der Waals surface area contributed by atoms with Gasteiger partial charge in [-0.1, -0.05) is 6.92 Å². The average molecular weight is 301 g/mol. The van der Waals surface area contributed by atoms with Crippen molar-refractivity contribution in [3.8, 4) is 11.5 Å². The second-order valence-corrected chi connectivity index (χ2v) is 4.92. The molecule has 0 spiro atoms. The summed E-state index contributed by atoms with van der Waals surface area (Å²) >= 11 is 3.50. The van der Waals surface area contributed by atoms with E-state index in [1.54, 1.807) is 0 Å². The molecule has 17 heavy (non-hydrogen) atoms. The van der Waals surface area contributed by atoms with Crippen LogP contribution in [0.1, 0.15) is 18.5 Å². The van der Waals surface area contributed by atoms with Crippen LogP contribution in [0.15, 0.2) is 16.6 Å². The standard InChI is InChI=1S/C12H17BrN2O2/c1-3-15(2)10(6-14)8-4-9(13)12-11(5-8)16-7-17-12/h4-5,10H,3,6-7,14H2,1-2H3. The van der Waals surface area contributed by atoms with Crippen LogP contribution in [0.25, 0.3) is 0 Å². The number of benzene rings is 1. The van der Waals surface area contributed by atoms with Gasteiger partial charge in [-0.2, -0.15) is 0 Å². The lowest BCUT2D eigenvalue weighted by Gasteiger charge is -2.26. The minimum Gasteiger partial charge on any atom is -0.454 e. The second kappa shape index (κ2) is 5.25. The van der Waals surface area contributed by atoms with Gasteiger partial charge in [0, 0.05) is 12.6 Å². The molecular weight excluding hydrogens is 284 g/mol. The number of likely N-dealkylation sites (N-methyl/N-ethyl adjacent to an activating group) is 1. The molecule has 0 saturated carbocycles. The van der Waals surface area contributed by atoms with Crippen molar-refractivity contribution in [3.63, 3.8) is 0 Å². The van der Waals surface area contributed by atoms with Crippen LogP contribution in [-0.2, 0) is 0 Å². The topological polar surface area (TPSA) is 47.7 Å². The summed E-state index contributed by atoms with van der Waals surface area (Å²) in [5.74, 6) is 1.57. The second-order valence-electron chi connectivity index (χ2n) is 4.06. The van der Waals surface area contributed by atoms with Gasteiger partial charge in [0.15, 0.2) is 11.5 Å². The molecule has 1 aromatic carbocycles. The summed E-state index contributed by atoms with van der Waals surface area (Å²) < 4.78 is 11.7. The molecule has 94 valence electrons. The van der Waals surface area contributed by atoms with Crippen molar-refractivity contribution >= 4 is 15.9 Å². The minimum absolute atomic E-state index is 0.200. The van der Waals surface area contributed by atoms with Gasteiger partial charge in [0.05, 0.1) is 4.47 Å². The van der Waals surface area contributed by atoms with E-state index in [-0.39, 0.29) is 12.8 Å². The number of hydrogen-bond donors (Lipinski definition) is 1. The number of rotatable bonds is 4. The molecule has 2 N–H and O–H groups in total. The van der Waals surface area contributed by atoms with Crippen molar-refractivity contribution in [2.45, 2.75) is 13.0 Å². The Hall–Kier alpha value is -0.780. The Morgan fingerprint density at radius 2 is 2.24 bits per heavy atom. The van der Waals surface area contributed by atoms with E-state index in [9.17, 15) is 0 Å². The van der Waals surface area contributed by atoms with Crippen LogP contribution < -0.4 is 15.2 Å². The molecule has 1 aliphatic rings. The van der Waals surface area contributed by atoms with E-state index in [2.05, 4.69) is 40.9 Å². The average Bonchev–Trinajstić information content (AvgIpc) is 2.78. The summed E-state index contributed by atoms with van der Waals surface area (Å²) in [4.78, 5) is 2.21. The summed E-state index contributed by atoms with van der Waals surface area (Å²) in [6, 6.07) is 4.26. The predicted octanol–water partition coefficient (Wildman–Crippen LogP) is 2.13. The SMILES string of the molecule is CCN(C)C(CN)c1cc(Br)c2c(c1)OCO2. The van der Waals surface area contributed by atoms with Crippen LogP contribution in [0.2, 0.25) is 0 Å². The van der Waals surface area contributed by atoms with Gasteiger partial charge in [-0.3, -0.25) is 4.90 Å². The lowest BCUT2D eigenvalue weighted by atomic mass is 10.1. The third-order valence-corrected chi connectivity index (χ3v) is 3.68. The molecule has 2 rings (SSSR count). The van der Waals surface area contributed by atoms with Crippen LogP contribution in [0, 0.1) is 0 Å². The number of hydrogen-bond acceptors (Lipinski definition) is 4. The lowest BCUT2D eigenvalue weighted by molar-refractivity contribution is 0.173. The number of ether oxygens (including phenoxy) is 2. The molecule has 0 aromatic heterocycles. The summed E-state index contributed by atoms with van der Waals surface area (Å²) in [7, 11) is 2.07. The van der Waals surface area contributed by atoms with E-state index < -0.39 is 0 Å². The van der Waals surface area contributed by atoms with Gasteiger partial charge >= 0.3 is 0 Å². The lowest BCUT2D eigenvalue weighted by Crippen LogP contribution is -2.30. The Balaban J connectivity index is 2.35. The Kier molecular flexibility index (Phi) is 3.91. The Bertz CT molecular complexity index is 412. The zero-order chi connectivity index (χ0) is 12.4. The van der Waals surface area contributed by atoms with Gasteiger partial charge < -0.3 is 15.2 Å². The first-order valence-electron chi connectivity index (χ1n) is 5.66. The molecule has 0 aliphatic carbocycles. The van der Waals surface area contributed by atoms with Crippen LogP contribution in [0.4, 0.5) is 0 Å². The van der Waals surface area contributed by atoms with Crippen molar-refractivity contribution in [1.82, 2.24) is 4.90 Å². The van der Waals surface area contributed by atoms with E-state index in [1.807, 2.05) is 6.07 Å². The van der Waals surface area contributed by atoms with E-state index in [0.717, 1.165) is 28.1 Å². The highest BCUT2D eigenvalue weighted by Gasteiger charge is 2.22. The molecule has 1 aromatic rings. The molecule has 0 fully saturated rings. The highest BCUT2D eigenvalue weighted by molar-refractivity contribution is 9.10. The monoisotopic (exact) mass is 300 g/mol. The van der Waals surface area contributed by atoms with E-state index in [1.165, 1.54) is 0 Å². The highest BCUT2D eigenvalue weighted by atomic mass is 79.9. The van der Waals surface area contributed by atoms with Gasteiger partial charge in [-0.25, -0.2) is 0 Å². The fourth-order valence-electron chi connectivity index (χ4n) is 1.97. The molecular formula is C12H17BrN2O2. The van der Waals surface area contributed by atoms with Crippen molar-refractivity contribution in [2.75, 3.05) is 26.9 Å². The van der Waals surface area contributed by atoms with Crippen molar-refractivity contribution < 1.29 is 9.47 Å². The predicted molar refractivity (Wildman–Crippen MR) is 70.4 cm³/mol. The fourth-order valence-corrected chi connectivity index (χ4v) is 2.54. The minimum atomic E-state index is 0.200.